The summed E-state index contributed by atoms with van der Waals surface area (Å²) in [4.78, 5) is 30.3. The van der Waals surface area contributed by atoms with Crippen molar-refractivity contribution in [1.82, 2.24) is 30.0 Å². The van der Waals surface area contributed by atoms with Crippen LogP contribution in [0.1, 0.15) is 42.1 Å². The molecule has 2 aromatic heterocycles. The molecule has 2 aromatic rings. The summed E-state index contributed by atoms with van der Waals surface area (Å²) in [6, 6.07) is 0. The smallest absolute Gasteiger partial charge is 0.291 e. The number of hydrogen-bond acceptors (Lipinski definition) is 8. The molecule has 3 aliphatic rings. The first-order chi connectivity index (χ1) is 14.0. The van der Waals surface area contributed by atoms with Crippen LogP contribution < -0.4 is 4.90 Å². The van der Waals surface area contributed by atoms with Gasteiger partial charge in [-0.1, -0.05) is 0 Å². The number of carbonyl (C=O) groups excluding carboxylic acids is 1. The van der Waals surface area contributed by atoms with E-state index in [2.05, 4.69) is 38.9 Å². The number of fused-ring (bicyclic) bond motifs is 2. The van der Waals surface area contributed by atoms with E-state index in [9.17, 15) is 4.79 Å². The molecular formula is C19H25N7O3. The Hall–Kier alpha value is -2.59. The van der Waals surface area contributed by atoms with Gasteiger partial charge in [-0.25, -0.2) is 15.0 Å². The molecule has 10 nitrogen and oxygen atoms in total. The van der Waals surface area contributed by atoms with E-state index >= 15 is 0 Å². The van der Waals surface area contributed by atoms with Crippen LogP contribution in [-0.2, 0) is 21.5 Å². The van der Waals surface area contributed by atoms with Gasteiger partial charge in [0.15, 0.2) is 0 Å². The lowest BCUT2D eigenvalue weighted by molar-refractivity contribution is -0.00584. The molecule has 3 atom stereocenters. The number of ether oxygens (including phenoxy) is 2. The molecule has 0 unspecified atom stereocenters. The maximum absolute atomic E-state index is 12.7. The van der Waals surface area contributed by atoms with E-state index in [0.717, 1.165) is 36.7 Å². The van der Waals surface area contributed by atoms with Crippen molar-refractivity contribution in [2.75, 3.05) is 37.7 Å². The summed E-state index contributed by atoms with van der Waals surface area (Å²) in [5.74, 6) is 0.849. The number of likely N-dealkylation sites (tertiary alicyclic amines) is 1. The minimum absolute atomic E-state index is 0.136. The summed E-state index contributed by atoms with van der Waals surface area (Å²) < 4.78 is 11.7. The third kappa shape index (κ3) is 3.25. The van der Waals surface area contributed by atoms with Gasteiger partial charge in [0.1, 0.15) is 6.33 Å². The molecule has 0 saturated carbocycles. The maximum Gasteiger partial charge on any atom is 0.291 e. The van der Waals surface area contributed by atoms with E-state index in [1.165, 1.54) is 6.33 Å². The Morgan fingerprint density at radius 1 is 1.28 bits per heavy atom. The number of anilines is 1. The molecule has 1 N–H and O–H groups in total. The van der Waals surface area contributed by atoms with Crippen molar-refractivity contribution >= 4 is 11.9 Å². The van der Waals surface area contributed by atoms with Crippen LogP contribution in [0.5, 0.6) is 0 Å². The Morgan fingerprint density at radius 2 is 2.10 bits per heavy atom. The highest BCUT2D eigenvalue weighted by Gasteiger charge is 2.47. The molecule has 2 fully saturated rings. The quantitative estimate of drug-likeness (QED) is 0.779. The first-order valence-corrected chi connectivity index (χ1v) is 10.0. The predicted octanol–water partition coefficient (Wildman–Crippen LogP) is 0.522. The molecule has 1 amide bonds. The van der Waals surface area contributed by atoms with Gasteiger partial charge >= 0.3 is 0 Å². The van der Waals surface area contributed by atoms with Gasteiger partial charge in [0, 0.05) is 37.9 Å². The van der Waals surface area contributed by atoms with Crippen molar-refractivity contribution in [1.29, 1.82) is 0 Å². The van der Waals surface area contributed by atoms with Crippen LogP contribution in [-0.4, -0.2) is 81.0 Å². The van der Waals surface area contributed by atoms with Crippen LogP contribution in [0.2, 0.25) is 0 Å². The average Bonchev–Trinajstić information content (AvgIpc) is 3.38. The number of aromatic amines is 1. The number of aromatic nitrogens is 5. The fourth-order valence-electron chi connectivity index (χ4n) is 4.70. The topological polar surface area (TPSA) is 109 Å². The van der Waals surface area contributed by atoms with Crippen LogP contribution in [0.4, 0.5) is 5.95 Å². The lowest BCUT2D eigenvalue weighted by Gasteiger charge is -2.38. The van der Waals surface area contributed by atoms with Crippen molar-refractivity contribution in [2.45, 2.75) is 44.5 Å². The highest BCUT2D eigenvalue weighted by atomic mass is 16.5. The second kappa shape index (κ2) is 7.03. The number of hydrogen-bond donors (Lipinski definition) is 1. The number of nitrogens with one attached hydrogen (secondary N) is 1. The lowest BCUT2D eigenvalue weighted by Crippen LogP contribution is -2.47. The van der Waals surface area contributed by atoms with Gasteiger partial charge < -0.3 is 19.3 Å². The Kier molecular flexibility index (Phi) is 4.47. The van der Waals surface area contributed by atoms with Gasteiger partial charge in [-0.15, -0.1) is 0 Å². The SMILES string of the molecule is C[C@@H]1CN(c2ncc3c(n2)[C@@]2(CCN(C(=O)c4ncn[nH]4)C2)COC3)C[C@@H](C)O1. The summed E-state index contributed by atoms with van der Waals surface area (Å²) in [7, 11) is 0. The van der Waals surface area contributed by atoms with Crippen LogP contribution in [0.15, 0.2) is 12.5 Å². The second-order valence-electron chi connectivity index (χ2n) is 8.29. The summed E-state index contributed by atoms with van der Waals surface area (Å²) in [6.45, 7) is 7.90. The third-order valence-electron chi connectivity index (χ3n) is 5.95. The van der Waals surface area contributed by atoms with Crippen molar-refractivity contribution in [3.05, 3.63) is 29.6 Å². The third-order valence-corrected chi connectivity index (χ3v) is 5.95. The molecule has 0 radical (unpaired) electrons. The van der Waals surface area contributed by atoms with Gasteiger partial charge in [-0.05, 0) is 20.3 Å². The molecule has 3 aliphatic heterocycles. The molecule has 0 aliphatic carbocycles. The average molecular weight is 399 g/mol. The highest BCUT2D eigenvalue weighted by Crippen LogP contribution is 2.40. The summed E-state index contributed by atoms with van der Waals surface area (Å²) in [6.07, 6.45) is 4.30. The van der Waals surface area contributed by atoms with Crippen LogP contribution in [0, 0.1) is 0 Å². The standard InChI is InChI=1S/C19H25N7O3/c1-12-6-26(7-13(2)29-12)18-20-5-14-8-28-10-19(15(14)23-18)3-4-25(9-19)17(27)16-21-11-22-24-16/h5,11-13H,3-4,6-10H2,1-2H3,(H,21,22,24)/t12-,13-,19-/m1/s1. The molecule has 0 aromatic carbocycles. The van der Waals surface area contributed by atoms with Gasteiger partial charge in [0.25, 0.3) is 5.91 Å². The molecule has 10 heteroatoms. The summed E-state index contributed by atoms with van der Waals surface area (Å²) in [5, 5.41) is 6.44. The van der Waals surface area contributed by atoms with Gasteiger partial charge in [0.05, 0.1) is 36.5 Å². The lowest BCUT2D eigenvalue weighted by atomic mass is 9.80. The van der Waals surface area contributed by atoms with Gasteiger partial charge in [0.2, 0.25) is 11.8 Å². The maximum atomic E-state index is 12.7. The second-order valence-corrected chi connectivity index (χ2v) is 8.29. The normalized spacial score (nSPS) is 29.3. The van der Waals surface area contributed by atoms with E-state index in [1.807, 2.05) is 6.20 Å². The Morgan fingerprint density at radius 3 is 2.86 bits per heavy atom. The Labute approximate surface area is 168 Å². The van der Waals surface area contributed by atoms with Crippen molar-refractivity contribution < 1.29 is 14.3 Å². The molecule has 1 spiro atoms. The number of carbonyl (C=O) groups is 1. The Bertz CT molecular complexity index is 895. The van der Waals surface area contributed by atoms with Gasteiger partial charge in [-0.3, -0.25) is 9.89 Å². The highest BCUT2D eigenvalue weighted by molar-refractivity contribution is 5.90. The minimum atomic E-state index is -0.315. The van der Waals surface area contributed by atoms with E-state index in [1.54, 1.807) is 4.90 Å². The number of morpholine rings is 1. The van der Waals surface area contributed by atoms with Crippen LogP contribution in [0.25, 0.3) is 0 Å². The summed E-state index contributed by atoms with van der Waals surface area (Å²) in [5.41, 5.74) is 1.70. The largest absolute Gasteiger partial charge is 0.376 e. The fraction of sp³-hybridized carbons (Fsp3) is 0.632. The molecule has 5 heterocycles. The number of H-pyrrole nitrogens is 1. The van der Waals surface area contributed by atoms with E-state index in [4.69, 9.17) is 14.5 Å². The first-order valence-electron chi connectivity index (χ1n) is 10.0. The van der Waals surface area contributed by atoms with E-state index in [-0.39, 0.29) is 29.4 Å². The monoisotopic (exact) mass is 399 g/mol. The zero-order valence-corrected chi connectivity index (χ0v) is 16.7. The zero-order chi connectivity index (χ0) is 20.0. The molecule has 5 rings (SSSR count). The van der Waals surface area contributed by atoms with Crippen molar-refractivity contribution in [3.8, 4) is 0 Å². The van der Waals surface area contributed by atoms with Gasteiger partial charge in [-0.2, -0.15) is 5.10 Å². The molecule has 2 saturated heterocycles. The molecular weight excluding hydrogens is 374 g/mol. The zero-order valence-electron chi connectivity index (χ0n) is 16.7. The number of amides is 1. The number of nitrogens with zero attached hydrogens (tertiary/aromatic N) is 6. The van der Waals surface area contributed by atoms with Crippen molar-refractivity contribution in [3.63, 3.8) is 0 Å². The minimum Gasteiger partial charge on any atom is -0.376 e. The molecule has 154 valence electrons. The molecule has 0 bridgehead atoms. The van der Waals surface area contributed by atoms with E-state index < -0.39 is 0 Å². The van der Waals surface area contributed by atoms with Crippen molar-refractivity contribution in [2.24, 2.45) is 0 Å². The first kappa shape index (κ1) is 18.4. The Balaban J connectivity index is 1.43. The van der Waals surface area contributed by atoms with E-state index in [0.29, 0.717) is 26.3 Å². The predicted molar refractivity (Wildman–Crippen MR) is 102 cm³/mol. The number of rotatable bonds is 2. The molecule has 29 heavy (non-hydrogen) atoms. The summed E-state index contributed by atoms with van der Waals surface area (Å²) >= 11 is 0. The van der Waals surface area contributed by atoms with Crippen LogP contribution >= 0.6 is 0 Å². The van der Waals surface area contributed by atoms with Crippen LogP contribution in [0.3, 0.4) is 0 Å². The fourth-order valence-corrected chi connectivity index (χ4v) is 4.70.